The van der Waals surface area contributed by atoms with E-state index in [0.717, 1.165) is 23.0 Å². The summed E-state index contributed by atoms with van der Waals surface area (Å²) in [6.07, 6.45) is 11.1. The van der Waals surface area contributed by atoms with Crippen molar-refractivity contribution in [3.8, 4) is 11.1 Å². The van der Waals surface area contributed by atoms with E-state index >= 15 is 0 Å². The minimum atomic E-state index is -0.428. The van der Waals surface area contributed by atoms with Crippen LogP contribution in [0.1, 0.15) is 51.0 Å². The highest BCUT2D eigenvalue weighted by atomic mass is 19.1. The monoisotopic (exact) mass is 311 g/mol. The Kier molecular flexibility index (Phi) is 5.43. The highest BCUT2D eigenvalue weighted by molar-refractivity contribution is 5.62. The molecule has 2 aromatic rings. The van der Waals surface area contributed by atoms with Crippen molar-refractivity contribution in [2.75, 3.05) is 0 Å². The number of pyridine rings is 1. The van der Waals surface area contributed by atoms with Crippen LogP contribution in [0.4, 0.5) is 4.39 Å². The molecule has 0 N–H and O–H groups in total. The Bertz CT molecular complexity index is 595. The van der Waals surface area contributed by atoms with Gasteiger partial charge in [0.05, 0.1) is 0 Å². The Morgan fingerprint density at radius 1 is 0.913 bits per heavy atom. The number of nitrogens with zero attached hydrogens (tertiary/aromatic N) is 1. The Morgan fingerprint density at radius 2 is 1.57 bits per heavy atom. The Balaban J connectivity index is 1.53. The maximum absolute atomic E-state index is 12.9. The van der Waals surface area contributed by atoms with Crippen LogP contribution in [0.3, 0.4) is 0 Å². The maximum Gasteiger partial charge on any atom is 0.212 e. The van der Waals surface area contributed by atoms with Crippen LogP contribution in [-0.2, 0) is 6.42 Å². The second-order valence-electron chi connectivity index (χ2n) is 6.90. The zero-order chi connectivity index (χ0) is 16.1. The average Bonchev–Trinajstić information content (AvgIpc) is 2.61. The lowest BCUT2D eigenvalue weighted by molar-refractivity contribution is 0.259. The molecule has 0 spiro atoms. The van der Waals surface area contributed by atoms with E-state index in [1.807, 2.05) is 0 Å². The van der Waals surface area contributed by atoms with Gasteiger partial charge in [-0.2, -0.15) is 4.39 Å². The molecule has 1 saturated carbocycles. The lowest BCUT2D eigenvalue weighted by Crippen LogP contribution is -2.14. The van der Waals surface area contributed by atoms with Gasteiger partial charge in [0.2, 0.25) is 5.95 Å². The van der Waals surface area contributed by atoms with Crippen molar-refractivity contribution in [3.63, 3.8) is 0 Å². The molecular weight excluding hydrogens is 285 g/mol. The highest BCUT2D eigenvalue weighted by Gasteiger charge is 2.19. The molecule has 0 atom stereocenters. The van der Waals surface area contributed by atoms with E-state index in [0.29, 0.717) is 0 Å². The third kappa shape index (κ3) is 4.40. The van der Waals surface area contributed by atoms with E-state index in [-0.39, 0.29) is 0 Å². The molecule has 0 radical (unpaired) electrons. The fraction of sp³-hybridized carbons (Fsp3) is 0.476. The molecule has 0 aliphatic heterocycles. The van der Waals surface area contributed by atoms with Crippen molar-refractivity contribution in [1.29, 1.82) is 0 Å². The van der Waals surface area contributed by atoms with Crippen LogP contribution in [-0.4, -0.2) is 4.98 Å². The molecule has 1 nitrogen and oxygen atoms in total. The van der Waals surface area contributed by atoms with Gasteiger partial charge in [0.1, 0.15) is 0 Å². The van der Waals surface area contributed by atoms with E-state index < -0.39 is 5.95 Å². The molecule has 0 bridgehead atoms. The van der Waals surface area contributed by atoms with E-state index in [4.69, 9.17) is 0 Å². The fourth-order valence-electron chi connectivity index (χ4n) is 3.71. The van der Waals surface area contributed by atoms with E-state index in [1.54, 1.807) is 12.3 Å². The lowest BCUT2D eigenvalue weighted by Gasteiger charge is -2.27. The van der Waals surface area contributed by atoms with Crippen LogP contribution in [0.5, 0.6) is 0 Å². The first-order chi connectivity index (χ1) is 11.2. The average molecular weight is 311 g/mol. The van der Waals surface area contributed by atoms with Crippen molar-refractivity contribution >= 4 is 0 Å². The molecule has 0 amide bonds. The third-order valence-corrected chi connectivity index (χ3v) is 5.40. The molecule has 1 aliphatic carbocycles. The quantitative estimate of drug-likeness (QED) is 0.614. The lowest BCUT2D eigenvalue weighted by atomic mass is 9.78. The summed E-state index contributed by atoms with van der Waals surface area (Å²) in [6.45, 7) is 2.32. The molecule has 0 saturated heterocycles. The maximum atomic E-state index is 12.9. The minimum Gasteiger partial charge on any atom is -0.228 e. The number of hydrogen-bond acceptors (Lipinski definition) is 1. The first kappa shape index (κ1) is 16.2. The van der Waals surface area contributed by atoms with Gasteiger partial charge in [-0.25, -0.2) is 4.98 Å². The molecule has 1 aliphatic rings. The van der Waals surface area contributed by atoms with Crippen LogP contribution >= 0.6 is 0 Å². The van der Waals surface area contributed by atoms with E-state index in [1.165, 1.54) is 56.6 Å². The summed E-state index contributed by atoms with van der Waals surface area (Å²) in [5, 5.41) is 0. The molecule has 1 aromatic carbocycles. The second kappa shape index (κ2) is 7.72. The van der Waals surface area contributed by atoms with Crippen LogP contribution in [0.25, 0.3) is 11.1 Å². The largest absolute Gasteiger partial charge is 0.228 e. The molecule has 2 heteroatoms. The predicted molar refractivity (Wildman–Crippen MR) is 93.7 cm³/mol. The van der Waals surface area contributed by atoms with Gasteiger partial charge < -0.3 is 0 Å². The molecular formula is C21H26FN. The minimum absolute atomic E-state index is 0.428. The van der Waals surface area contributed by atoms with Crippen molar-refractivity contribution in [3.05, 3.63) is 54.1 Å². The standard InChI is InChI=1S/C21H26FN/c1-2-16-3-5-17(6-4-16)7-8-18-9-11-19(12-10-18)20-13-14-21(22)23-15-20/h9-17H,2-8H2,1H3/t16-,17-. The normalized spacial score (nSPS) is 21.3. The molecule has 1 aromatic heterocycles. The Labute approximate surface area is 139 Å². The fourth-order valence-corrected chi connectivity index (χ4v) is 3.71. The second-order valence-corrected chi connectivity index (χ2v) is 6.90. The number of halogens is 1. The SMILES string of the molecule is CC[C@H]1CC[C@H](CCc2ccc(-c3ccc(F)nc3)cc2)CC1. The van der Waals surface area contributed by atoms with Crippen LogP contribution in [0, 0.1) is 17.8 Å². The van der Waals surface area contributed by atoms with Gasteiger partial charge >= 0.3 is 0 Å². The summed E-state index contributed by atoms with van der Waals surface area (Å²) >= 11 is 0. The third-order valence-electron chi connectivity index (χ3n) is 5.40. The van der Waals surface area contributed by atoms with Crippen molar-refractivity contribution < 1.29 is 4.39 Å². The van der Waals surface area contributed by atoms with E-state index in [9.17, 15) is 4.39 Å². The van der Waals surface area contributed by atoms with Gasteiger partial charge in [-0.15, -0.1) is 0 Å². The summed E-state index contributed by atoms with van der Waals surface area (Å²) in [4.78, 5) is 3.72. The molecule has 122 valence electrons. The van der Waals surface area contributed by atoms with Gasteiger partial charge in [0, 0.05) is 11.8 Å². The number of rotatable bonds is 5. The van der Waals surface area contributed by atoms with Crippen molar-refractivity contribution in [2.45, 2.75) is 51.9 Å². The van der Waals surface area contributed by atoms with Crippen LogP contribution in [0.15, 0.2) is 42.6 Å². The zero-order valence-corrected chi connectivity index (χ0v) is 14.0. The van der Waals surface area contributed by atoms with Gasteiger partial charge in [-0.1, -0.05) is 63.3 Å². The first-order valence-electron chi connectivity index (χ1n) is 8.95. The van der Waals surface area contributed by atoms with Gasteiger partial charge in [0.25, 0.3) is 0 Å². The molecule has 0 unspecified atom stereocenters. The molecule has 3 rings (SSSR count). The summed E-state index contributed by atoms with van der Waals surface area (Å²) in [5.41, 5.74) is 3.47. The van der Waals surface area contributed by atoms with Crippen molar-refractivity contribution in [2.24, 2.45) is 11.8 Å². The predicted octanol–water partition coefficient (Wildman–Crippen LogP) is 6.04. The molecule has 1 fully saturated rings. The zero-order valence-electron chi connectivity index (χ0n) is 14.0. The summed E-state index contributed by atoms with van der Waals surface area (Å²) < 4.78 is 12.9. The smallest absolute Gasteiger partial charge is 0.212 e. The van der Waals surface area contributed by atoms with Crippen molar-refractivity contribution in [1.82, 2.24) is 4.98 Å². The highest BCUT2D eigenvalue weighted by Crippen LogP contribution is 2.33. The van der Waals surface area contributed by atoms with Gasteiger partial charge in [-0.05, 0) is 47.9 Å². The number of aryl methyl sites for hydroxylation is 1. The number of aromatic nitrogens is 1. The van der Waals surface area contributed by atoms with Gasteiger partial charge in [0.15, 0.2) is 0 Å². The summed E-state index contributed by atoms with van der Waals surface area (Å²) in [6, 6.07) is 11.8. The summed E-state index contributed by atoms with van der Waals surface area (Å²) in [7, 11) is 0. The first-order valence-corrected chi connectivity index (χ1v) is 8.95. The topological polar surface area (TPSA) is 12.9 Å². The molecule has 23 heavy (non-hydrogen) atoms. The molecule has 1 heterocycles. The summed E-state index contributed by atoms with van der Waals surface area (Å²) in [5.74, 6) is 1.47. The van der Waals surface area contributed by atoms with Gasteiger partial charge in [-0.3, -0.25) is 0 Å². The van der Waals surface area contributed by atoms with Crippen LogP contribution in [0.2, 0.25) is 0 Å². The Hall–Kier alpha value is -1.70. The Morgan fingerprint density at radius 3 is 2.17 bits per heavy atom. The van der Waals surface area contributed by atoms with E-state index in [2.05, 4.69) is 36.2 Å². The number of hydrogen-bond donors (Lipinski definition) is 0. The number of benzene rings is 1. The van der Waals surface area contributed by atoms with Crippen LogP contribution < -0.4 is 0 Å².